The first-order chi connectivity index (χ1) is 14.8. The third-order valence-corrected chi connectivity index (χ3v) is 6.19. The molecule has 0 aliphatic rings. The van der Waals surface area contributed by atoms with E-state index < -0.39 is 45.5 Å². The van der Waals surface area contributed by atoms with Gasteiger partial charge in [0.05, 0.1) is 26.6 Å². The standard InChI is InChI=1S/C21H16BrF5N2O2S/c1-9-17(32-18-15(26)13(24)12(23)14(25)16(18)27)19(29(28-9)21(2,3)4)31-20(30)10-7-5-6-8-11(10)22/h5-8H,1-4H3. The zero-order valence-corrected chi connectivity index (χ0v) is 19.6. The molecule has 170 valence electrons. The maximum atomic E-state index is 14.3. The van der Waals surface area contributed by atoms with Gasteiger partial charge >= 0.3 is 5.97 Å². The molecule has 0 saturated carbocycles. The van der Waals surface area contributed by atoms with Crippen LogP contribution in [0.1, 0.15) is 36.8 Å². The third kappa shape index (κ3) is 4.40. The second-order valence-corrected chi connectivity index (χ2v) is 9.55. The molecule has 1 heterocycles. The Morgan fingerprint density at radius 1 is 0.969 bits per heavy atom. The van der Waals surface area contributed by atoms with Crippen LogP contribution in [0.2, 0.25) is 0 Å². The van der Waals surface area contributed by atoms with Crippen LogP contribution >= 0.6 is 27.7 Å². The third-order valence-electron chi connectivity index (χ3n) is 4.26. The Morgan fingerprint density at radius 2 is 1.50 bits per heavy atom. The number of carbonyl (C=O) groups is 1. The van der Waals surface area contributed by atoms with Crippen molar-refractivity contribution in [2.24, 2.45) is 0 Å². The van der Waals surface area contributed by atoms with E-state index in [0.717, 1.165) is 0 Å². The minimum absolute atomic E-state index is 0.0662. The van der Waals surface area contributed by atoms with Crippen LogP contribution in [0.25, 0.3) is 0 Å². The van der Waals surface area contributed by atoms with Crippen LogP contribution in [-0.2, 0) is 5.54 Å². The van der Waals surface area contributed by atoms with Gasteiger partial charge in [0.1, 0.15) is 0 Å². The van der Waals surface area contributed by atoms with E-state index in [2.05, 4.69) is 21.0 Å². The fourth-order valence-electron chi connectivity index (χ4n) is 2.70. The Bertz CT molecular complexity index is 1190. The normalized spacial score (nSPS) is 11.7. The second kappa shape index (κ2) is 8.86. The topological polar surface area (TPSA) is 44.1 Å². The molecule has 4 nitrogen and oxygen atoms in total. The van der Waals surface area contributed by atoms with E-state index in [1.54, 1.807) is 39.0 Å². The van der Waals surface area contributed by atoms with E-state index in [1.807, 2.05) is 0 Å². The van der Waals surface area contributed by atoms with Gasteiger partial charge < -0.3 is 4.74 Å². The molecule has 32 heavy (non-hydrogen) atoms. The van der Waals surface area contributed by atoms with Gasteiger partial charge in [0.25, 0.3) is 0 Å². The van der Waals surface area contributed by atoms with E-state index in [4.69, 9.17) is 4.74 Å². The number of hydrogen-bond donors (Lipinski definition) is 0. The monoisotopic (exact) mass is 534 g/mol. The average Bonchev–Trinajstić information content (AvgIpc) is 3.04. The van der Waals surface area contributed by atoms with Gasteiger partial charge in [-0.25, -0.2) is 31.4 Å². The minimum Gasteiger partial charge on any atom is -0.403 e. The maximum absolute atomic E-state index is 14.3. The number of esters is 1. The molecule has 0 amide bonds. The van der Waals surface area contributed by atoms with Gasteiger partial charge in [-0.05, 0) is 55.8 Å². The van der Waals surface area contributed by atoms with Gasteiger partial charge in [0.15, 0.2) is 23.3 Å². The molecule has 0 unspecified atom stereocenters. The summed E-state index contributed by atoms with van der Waals surface area (Å²) in [5.74, 6) is -11.4. The number of aryl methyl sites for hydroxylation is 1. The lowest BCUT2D eigenvalue weighted by Crippen LogP contribution is -2.25. The van der Waals surface area contributed by atoms with Crippen LogP contribution in [0.3, 0.4) is 0 Å². The summed E-state index contributed by atoms with van der Waals surface area (Å²) in [5.41, 5.74) is -0.411. The molecule has 0 atom stereocenters. The van der Waals surface area contributed by atoms with Gasteiger partial charge in [-0.1, -0.05) is 23.9 Å². The Morgan fingerprint density at radius 3 is 2.03 bits per heavy atom. The Hall–Kier alpha value is -2.40. The lowest BCUT2D eigenvalue weighted by molar-refractivity contribution is 0.0703. The summed E-state index contributed by atoms with van der Waals surface area (Å²) in [5, 5.41) is 4.27. The molecule has 0 spiro atoms. The SMILES string of the molecule is Cc1nn(C(C)(C)C)c(OC(=O)c2ccccc2Br)c1Sc1c(F)c(F)c(F)c(F)c1F. The van der Waals surface area contributed by atoms with Crippen molar-refractivity contribution in [1.29, 1.82) is 0 Å². The maximum Gasteiger partial charge on any atom is 0.346 e. The van der Waals surface area contributed by atoms with Gasteiger partial charge in [-0.15, -0.1) is 0 Å². The van der Waals surface area contributed by atoms with E-state index in [9.17, 15) is 26.7 Å². The number of aromatic nitrogens is 2. The molecular formula is C21H16BrF5N2O2S. The summed E-state index contributed by atoms with van der Waals surface area (Å²) in [4.78, 5) is 11.6. The number of halogens is 6. The van der Waals surface area contributed by atoms with Crippen LogP contribution in [0, 0.1) is 36.0 Å². The average molecular weight is 535 g/mol. The first kappa shape index (κ1) is 24.2. The molecule has 0 bridgehead atoms. The van der Waals surface area contributed by atoms with Crippen LogP contribution < -0.4 is 4.74 Å². The van der Waals surface area contributed by atoms with Crippen molar-refractivity contribution in [3.8, 4) is 5.88 Å². The lowest BCUT2D eigenvalue weighted by Gasteiger charge is -2.22. The number of rotatable bonds is 4. The highest BCUT2D eigenvalue weighted by Crippen LogP contribution is 2.43. The van der Waals surface area contributed by atoms with Crippen molar-refractivity contribution < 1.29 is 31.5 Å². The number of ether oxygens (including phenoxy) is 1. The number of hydrogen-bond acceptors (Lipinski definition) is 4. The molecule has 0 radical (unpaired) electrons. The molecule has 0 saturated heterocycles. The zero-order valence-electron chi connectivity index (χ0n) is 17.2. The quantitative estimate of drug-likeness (QED) is 0.160. The Kier molecular flexibility index (Phi) is 6.71. The van der Waals surface area contributed by atoms with E-state index in [1.165, 1.54) is 17.7 Å². The van der Waals surface area contributed by atoms with Crippen LogP contribution in [0.5, 0.6) is 5.88 Å². The number of carbonyl (C=O) groups excluding carboxylic acids is 1. The molecule has 3 aromatic rings. The summed E-state index contributed by atoms with van der Waals surface area (Å²) in [7, 11) is 0. The molecular weight excluding hydrogens is 519 g/mol. The second-order valence-electron chi connectivity index (χ2n) is 7.67. The van der Waals surface area contributed by atoms with Crippen LogP contribution in [-0.4, -0.2) is 15.7 Å². The minimum atomic E-state index is -2.26. The Labute approximate surface area is 192 Å². The smallest absolute Gasteiger partial charge is 0.346 e. The fraction of sp³-hybridized carbons (Fsp3) is 0.238. The first-order valence-electron chi connectivity index (χ1n) is 9.10. The van der Waals surface area contributed by atoms with E-state index in [-0.39, 0.29) is 33.8 Å². The highest BCUT2D eigenvalue weighted by Gasteiger charge is 2.32. The van der Waals surface area contributed by atoms with Crippen molar-refractivity contribution in [3.05, 3.63) is 69.1 Å². The summed E-state index contributed by atoms with van der Waals surface area (Å²) in [6, 6.07) is 6.41. The van der Waals surface area contributed by atoms with Gasteiger partial charge in [-0.3, -0.25) is 0 Å². The fourth-order valence-corrected chi connectivity index (χ4v) is 4.11. The largest absolute Gasteiger partial charge is 0.403 e. The molecule has 0 fully saturated rings. The molecule has 1 aromatic heterocycles. The zero-order chi connectivity index (χ0) is 24.0. The molecule has 0 N–H and O–H groups in total. The van der Waals surface area contributed by atoms with Crippen molar-refractivity contribution in [2.45, 2.75) is 43.0 Å². The predicted octanol–water partition coefficient (Wildman–Crippen LogP) is 6.77. The molecule has 2 aromatic carbocycles. The van der Waals surface area contributed by atoms with Gasteiger partial charge in [-0.2, -0.15) is 5.10 Å². The molecule has 0 aliphatic heterocycles. The lowest BCUT2D eigenvalue weighted by atomic mass is 10.1. The van der Waals surface area contributed by atoms with Crippen molar-refractivity contribution in [2.75, 3.05) is 0 Å². The van der Waals surface area contributed by atoms with Crippen molar-refractivity contribution >= 4 is 33.7 Å². The molecule has 3 rings (SSSR count). The van der Waals surface area contributed by atoms with Crippen LogP contribution in [0.4, 0.5) is 22.0 Å². The van der Waals surface area contributed by atoms with E-state index in [0.29, 0.717) is 4.47 Å². The number of benzene rings is 2. The summed E-state index contributed by atoms with van der Waals surface area (Å²) < 4.78 is 76.7. The first-order valence-corrected chi connectivity index (χ1v) is 10.7. The van der Waals surface area contributed by atoms with Crippen molar-refractivity contribution in [1.82, 2.24) is 9.78 Å². The summed E-state index contributed by atoms with van der Waals surface area (Å²) in [6.45, 7) is 6.68. The van der Waals surface area contributed by atoms with E-state index >= 15 is 0 Å². The van der Waals surface area contributed by atoms with Gasteiger partial charge in [0.2, 0.25) is 11.7 Å². The highest BCUT2D eigenvalue weighted by molar-refractivity contribution is 9.10. The van der Waals surface area contributed by atoms with Crippen LogP contribution in [0.15, 0.2) is 38.5 Å². The summed E-state index contributed by atoms with van der Waals surface area (Å²) in [6.07, 6.45) is 0. The highest BCUT2D eigenvalue weighted by atomic mass is 79.9. The molecule has 0 aliphatic carbocycles. The predicted molar refractivity (Wildman–Crippen MR) is 111 cm³/mol. The molecule has 11 heteroatoms. The number of nitrogens with zero attached hydrogens (tertiary/aromatic N) is 2. The van der Waals surface area contributed by atoms with Crippen molar-refractivity contribution in [3.63, 3.8) is 0 Å². The summed E-state index contributed by atoms with van der Waals surface area (Å²) >= 11 is 3.48. The Balaban J connectivity index is 2.15. The van der Waals surface area contributed by atoms with Gasteiger partial charge in [0, 0.05) is 4.47 Å².